The summed E-state index contributed by atoms with van der Waals surface area (Å²) in [7, 11) is 0. The maximum absolute atomic E-state index is 6.07. The van der Waals surface area contributed by atoms with Gasteiger partial charge in [-0.2, -0.15) is 0 Å². The summed E-state index contributed by atoms with van der Waals surface area (Å²) in [6.07, 6.45) is 7.58. The zero-order valence-electron chi connectivity index (χ0n) is 19.5. The molecular formula is C25H44N2O2. The van der Waals surface area contributed by atoms with Gasteiger partial charge in [0.05, 0.1) is 6.10 Å². The van der Waals surface area contributed by atoms with E-state index in [1.807, 2.05) is 0 Å². The lowest BCUT2D eigenvalue weighted by Crippen LogP contribution is -2.52. The maximum atomic E-state index is 6.07. The molecule has 1 heterocycles. The van der Waals surface area contributed by atoms with Crippen molar-refractivity contribution in [3.05, 3.63) is 29.8 Å². The Hall–Kier alpha value is -1.10. The van der Waals surface area contributed by atoms with E-state index in [0.717, 1.165) is 44.9 Å². The smallest absolute Gasteiger partial charge is 0.119 e. The van der Waals surface area contributed by atoms with Gasteiger partial charge in [-0.15, -0.1) is 0 Å². The lowest BCUT2D eigenvalue weighted by Gasteiger charge is -2.37. The third-order valence-electron chi connectivity index (χ3n) is 5.28. The number of rotatable bonds is 12. The van der Waals surface area contributed by atoms with Crippen LogP contribution in [0.3, 0.4) is 0 Å². The first-order valence-electron chi connectivity index (χ1n) is 11.7. The summed E-state index contributed by atoms with van der Waals surface area (Å²) >= 11 is 0. The standard InChI is InChI=1S/C25H44N2O2/c1-21(2)28-17-8-6-7-11-22-12-9-14-24(19-22)29-18-16-27-15-10-13-23(20-27)26-25(3,4)5/h9,12,14,19,21,23,26H,6-8,10-11,13,15-18,20H2,1-5H3. The third kappa shape index (κ3) is 11.0. The second kappa shape index (κ2) is 12.6. The van der Waals surface area contributed by atoms with Crippen LogP contribution in [0.25, 0.3) is 0 Å². The van der Waals surface area contributed by atoms with E-state index in [1.165, 1.54) is 37.8 Å². The normalized spacial score (nSPS) is 18.3. The van der Waals surface area contributed by atoms with Gasteiger partial charge in [-0.3, -0.25) is 4.90 Å². The minimum atomic E-state index is 0.187. The van der Waals surface area contributed by atoms with Crippen LogP contribution in [-0.2, 0) is 11.2 Å². The van der Waals surface area contributed by atoms with Crippen molar-refractivity contribution in [1.29, 1.82) is 0 Å². The molecule has 0 saturated carbocycles. The summed E-state index contributed by atoms with van der Waals surface area (Å²) in [5.41, 5.74) is 1.56. The Morgan fingerprint density at radius 3 is 2.72 bits per heavy atom. The van der Waals surface area contributed by atoms with Crippen LogP contribution in [0.4, 0.5) is 0 Å². The first-order chi connectivity index (χ1) is 13.8. The van der Waals surface area contributed by atoms with Crippen molar-refractivity contribution in [1.82, 2.24) is 10.2 Å². The molecule has 2 rings (SSSR count). The molecule has 1 unspecified atom stereocenters. The number of likely N-dealkylation sites (tertiary alicyclic amines) is 1. The molecule has 0 aliphatic carbocycles. The van der Waals surface area contributed by atoms with Gasteiger partial charge >= 0.3 is 0 Å². The van der Waals surface area contributed by atoms with Gasteiger partial charge in [0.25, 0.3) is 0 Å². The first kappa shape index (κ1) is 24.2. The summed E-state index contributed by atoms with van der Waals surface area (Å²) in [6.45, 7) is 15.9. The fourth-order valence-electron chi connectivity index (χ4n) is 4.00. The van der Waals surface area contributed by atoms with Crippen LogP contribution >= 0.6 is 0 Å². The van der Waals surface area contributed by atoms with E-state index in [0.29, 0.717) is 12.1 Å². The van der Waals surface area contributed by atoms with Gasteiger partial charge < -0.3 is 14.8 Å². The quantitative estimate of drug-likeness (QED) is 0.494. The molecule has 1 aliphatic rings. The molecule has 0 aromatic heterocycles. The van der Waals surface area contributed by atoms with Crippen LogP contribution in [0, 0.1) is 0 Å². The Morgan fingerprint density at radius 2 is 1.97 bits per heavy atom. The second-order valence-electron chi connectivity index (χ2n) is 9.76. The topological polar surface area (TPSA) is 33.7 Å². The van der Waals surface area contributed by atoms with Crippen molar-refractivity contribution >= 4 is 0 Å². The number of hydrogen-bond acceptors (Lipinski definition) is 4. The molecule has 1 atom stereocenters. The number of benzene rings is 1. The highest BCUT2D eigenvalue weighted by Crippen LogP contribution is 2.17. The highest BCUT2D eigenvalue weighted by atomic mass is 16.5. The molecule has 4 heteroatoms. The number of piperidine rings is 1. The Kier molecular flexibility index (Phi) is 10.5. The highest BCUT2D eigenvalue weighted by molar-refractivity contribution is 5.28. The Labute approximate surface area is 179 Å². The lowest BCUT2D eigenvalue weighted by molar-refractivity contribution is 0.0758. The van der Waals surface area contributed by atoms with Crippen molar-refractivity contribution in [2.75, 3.05) is 32.8 Å². The summed E-state index contributed by atoms with van der Waals surface area (Å²) in [5.74, 6) is 1.01. The molecule has 0 radical (unpaired) electrons. The molecule has 1 aliphatic heterocycles. The van der Waals surface area contributed by atoms with E-state index in [4.69, 9.17) is 9.47 Å². The van der Waals surface area contributed by atoms with E-state index < -0.39 is 0 Å². The molecule has 166 valence electrons. The molecule has 0 amide bonds. The number of aryl methyl sites for hydroxylation is 1. The van der Waals surface area contributed by atoms with Crippen molar-refractivity contribution in [3.63, 3.8) is 0 Å². The van der Waals surface area contributed by atoms with E-state index in [2.05, 4.69) is 69.1 Å². The fourth-order valence-corrected chi connectivity index (χ4v) is 4.00. The van der Waals surface area contributed by atoms with Crippen LogP contribution in [0.15, 0.2) is 24.3 Å². The molecular weight excluding hydrogens is 360 g/mol. The predicted molar refractivity (Wildman–Crippen MR) is 123 cm³/mol. The predicted octanol–water partition coefficient (Wildman–Crippen LogP) is 5.06. The summed E-state index contributed by atoms with van der Waals surface area (Å²) in [4.78, 5) is 2.54. The van der Waals surface area contributed by atoms with Crippen LogP contribution < -0.4 is 10.1 Å². The number of nitrogens with zero attached hydrogens (tertiary/aromatic N) is 1. The molecule has 1 saturated heterocycles. The molecule has 1 fully saturated rings. The lowest BCUT2D eigenvalue weighted by atomic mass is 10.0. The number of ether oxygens (including phenoxy) is 2. The molecule has 29 heavy (non-hydrogen) atoms. The van der Waals surface area contributed by atoms with Gasteiger partial charge in [0.1, 0.15) is 12.4 Å². The van der Waals surface area contributed by atoms with Crippen molar-refractivity contribution in [2.45, 2.75) is 90.8 Å². The SMILES string of the molecule is CC(C)OCCCCCc1cccc(OCCN2CCCC(NC(C)(C)C)C2)c1. The van der Waals surface area contributed by atoms with E-state index >= 15 is 0 Å². The maximum Gasteiger partial charge on any atom is 0.119 e. The van der Waals surface area contributed by atoms with Gasteiger partial charge in [0, 0.05) is 31.3 Å². The molecule has 1 N–H and O–H groups in total. The van der Waals surface area contributed by atoms with Gasteiger partial charge in [-0.05, 0) is 91.0 Å². The highest BCUT2D eigenvalue weighted by Gasteiger charge is 2.23. The van der Waals surface area contributed by atoms with Crippen LogP contribution in [0.1, 0.15) is 72.3 Å². The zero-order valence-corrected chi connectivity index (χ0v) is 19.5. The zero-order chi connectivity index (χ0) is 21.1. The fraction of sp³-hybridized carbons (Fsp3) is 0.760. The molecule has 1 aromatic rings. The first-order valence-corrected chi connectivity index (χ1v) is 11.7. The Bertz CT molecular complexity index is 568. The summed E-state index contributed by atoms with van der Waals surface area (Å²) in [6, 6.07) is 9.23. The third-order valence-corrected chi connectivity index (χ3v) is 5.28. The second-order valence-corrected chi connectivity index (χ2v) is 9.76. The summed E-state index contributed by atoms with van der Waals surface area (Å²) < 4.78 is 11.7. The van der Waals surface area contributed by atoms with Gasteiger partial charge in [-0.25, -0.2) is 0 Å². The Morgan fingerprint density at radius 1 is 1.14 bits per heavy atom. The van der Waals surface area contributed by atoms with Crippen LogP contribution in [-0.4, -0.2) is 55.4 Å². The molecule has 0 bridgehead atoms. The minimum absolute atomic E-state index is 0.187. The Balaban J connectivity index is 1.64. The van der Waals surface area contributed by atoms with Crippen molar-refractivity contribution < 1.29 is 9.47 Å². The molecule has 1 aromatic carbocycles. The minimum Gasteiger partial charge on any atom is -0.492 e. The van der Waals surface area contributed by atoms with Gasteiger partial charge in [-0.1, -0.05) is 18.6 Å². The monoisotopic (exact) mass is 404 g/mol. The summed E-state index contributed by atoms with van der Waals surface area (Å²) in [5, 5.41) is 3.75. The number of hydrogen-bond donors (Lipinski definition) is 1. The number of unbranched alkanes of at least 4 members (excludes halogenated alkanes) is 2. The van der Waals surface area contributed by atoms with E-state index in [-0.39, 0.29) is 5.54 Å². The average molecular weight is 405 g/mol. The van der Waals surface area contributed by atoms with E-state index in [1.54, 1.807) is 0 Å². The average Bonchev–Trinajstić information content (AvgIpc) is 2.64. The van der Waals surface area contributed by atoms with E-state index in [9.17, 15) is 0 Å². The van der Waals surface area contributed by atoms with Crippen molar-refractivity contribution in [2.24, 2.45) is 0 Å². The van der Waals surface area contributed by atoms with Crippen LogP contribution in [0.2, 0.25) is 0 Å². The van der Waals surface area contributed by atoms with Crippen LogP contribution in [0.5, 0.6) is 5.75 Å². The number of nitrogens with one attached hydrogen (secondary N) is 1. The molecule has 4 nitrogen and oxygen atoms in total. The van der Waals surface area contributed by atoms with Gasteiger partial charge in [0.15, 0.2) is 0 Å². The largest absolute Gasteiger partial charge is 0.492 e. The van der Waals surface area contributed by atoms with Crippen molar-refractivity contribution in [3.8, 4) is 5.75 Å². The molecule has 0 spiro atoms. The van der Waals surface area contributed by atoms with Gasteiger partial charge in [0.2, 0.25) is 0 Å².